The molecule has 1 atom stereocenters. The standard InChI is InChI=1S/C13H16BrNOS/c1-2-4-15-13(10-3-5-16-8-10)7-12-6-11(14)9-17-12/h3,5-6,8-9,13,15H,2,4,7H2,1H3. The van der Waals surface area contributed by atoms with Gasteiger partial charge < -0.3 is 9.73 Å². The molecule has 92 valence electrons. The molecule has 0 spiro atoms. The number of hydrogen-bond donors (Lipinski definition) is 1. The molecular weight excluding hydrogens is 298 g/mol. The Bertz CT molecular complexity index is 438. The van der Waals surface area contributed by atoms with Crippen molar-refractivity contribution in [3.63, 3.8) is 0 Å². The predicted molar refractivity (Wildman–Crippen MR) is 75.5 cm³/mol. The van der Waals surface area contributed by atoms with Crippen LogP contribution in [0.2, 0.25) is 0 Å². The minimum absolute atomic E-state index is 0.347. The summed E-state index contributed by atoms with van der Waals surface area (Å²) in [6.07, 6.45) is 5.72. The first kappa shape index (κ1) is 12.9. The van der Waals surface area contributed by atoms with Crippen LogP contribution in [-0.2, 0) is 6.42 Å². The maximum atomic E-state index is 5.17. The first-order valence-electron chi connectivity index (χ1n) is 5.78. The zero-order valence-electron chi connectivity index (χ0n) is 9.78. The van der Waals surface area contributed by atoms with Crippen molar-refractivity contribution < 1.29 is 4.42 Å². The van der Waals surface area contributed by atoms with Crippen molar-refractivity contribution in [2.24, 2.45) is 0 Å². The Morgan fingerprint density at radius 1 is 1.53 bits per heavy atom. The second-order valence-corrected chi connectivity index (χ2v) is 5.91. The van der Waals surface area contributed by atoms with Gasteiger partial charge in [-0.05, 0) is 41.0 Å². The van der Waals surface area contributed by atoms with Crippen LogP contribution < -0.4 is 5.32 Å². The first-order valence-corrected chi connectivity index (χ1v) is 7.45. The molecule has 0 aliphatic heterocycles. The van der Waals surface area contributed by atoms with Crippen molar-refractivity contribution in [3.8, 4) is 0 Å². The van der Waals surface area contributed by atoms with E-state index < -0.39 is 0 Å². The van der Waals surface area contributed by atoms with E-state index in [1.54, 1.807) is 17.6 Å². The number of thiophene rings is 1. The normalized spacial score (nSPS) is 12.8. The Morgan fingerprint density at radius 3 is 3.00 bits per heavy atom. The van der Waals surface area contributed by atoms with Gasteiger partial charge in [-0.1, -0.05) is 6.92 Å². The molecule has 1 unspecified atom stereocenters. The molecule has 2 aromatic rings. The summed E-state index contributed by atoms with van der Waals surface area (Å²) in [7, 11) is 0. The van der Waals surface area contributed by atoms with E-state index in [0.29, 0.717) is 6.04 Å². The highest BCUT2D eigenvalue weighted by Gasteiger charge is 2.13. The first-order chi connectivity index (χ1) is 8.29. The minimum atomic E-state index is 0.347. The van der Waals surface area contributed by atoms with Crippen LogP contribution in [0.4, 0.5) is 0 Å². The largest absolute Gasteiger partial charge is 0.472 e. The van der Waals surface area contributed by atoms with Crippen molar-refractivity contribution >= 4 is 27.3 Å². The summed E-state index contributed by atoms with van der Waals surface area (Å²) in [5.41, 5.74) is 1.22. The lowest BCUT2D eigenvalue weighted by Crippen LogP contribution is -2.23. The number of rotatable bonds is 6. The fourth-order valence-corrected chi connectivity index (χ4v) is 3.26. The highest BCUT2D eigenvalue weighted by Crippen LogP contribution is 2.25. The summed E-state index contributed by atoms with van der Waals surface area (Å²) in [4.78, 5) is 1.38. The molecule has 0 saturated heterocycles. The molecule has 2 nitrogen and oxygen atoms in total. The molecule has 17 heavy (non-hydrogen) atoms. The van der Waals surface area contributed by atoms with E-state index in [9.17, 15) is 0 Å². The molecular formula is C13H16BrNOS. The molecule has 2 heterocycles. The van der Waals surface area contributed by atoms with Crippen LogP contribution in [0.1, 0.15) is 29.8 Å². The lowest BCUT2D eigenvalue weighted by Gasteiger charge is -2.16. The Labute approximate surface area is 114 Å². The average molecular weight is 314 g/mol. The molecule has 2 aromatic heterocycles. The summed E-state index contributed by atoms with van der Waals surface area (Å²) in [6.45, 7) is 3.21. The van der Waals surface area contributed by atoms with Gasteiger partial charge in [0.05, 0.1) is 12.5 Å². The molecule has 0 amide bonds. The second-order valence-electron chi connectivity index (χ2n) is 4.00. The van der Waals surface area contributed by atoms with Gasteiger partial charge in [-0.3, -0.25) is 0 Å². The van der Waals surface area contributed by atoms with E-state index >= 15 is 0 Å². The lowest BCUT2D eigenvalue weighted by atomic mass is 10.1. The van der Waals surface area contributed by atoms with Gasteiger partial charge in [0.2, 0.25) is 0 Å². The Morgan fingerprint density at radius 2 is 2.41 bits per heavy atom. The predicted octanol–water partition coefficient (Wildman–Crippen LogP) is 4.39. The highest BCUT2D eigenvalue weighted by atomic mass is 79.9. The van der Waals surface area contributed by atoms with Gasteiger partial charge in [-0.25, -0.2) is 0 Å². The Kier molecular flexibility index (Phi) is 4.83. The average Bonchev–Trinajstić information content (AvgIpc) is 2.95. The monoisotopic (exact) mass is 313 g/mol. The van der Waals surface area contributed by atoms with Gasteiger partial charge in [0.1, 0.15) is 0 Å². The third-order valence-electron chi connectivity index (χ3n) is 2.61. The fraction of sp³-hybridized carbons (Fsp3) is 0.385. The maximum Gasteiger partial charge on any atom is 0.0950 e. The van der Waals surface area contributed by atoms with E-state index in [4.69, 9.17) is 4.42 Å². The zero-order chi connectivity index (χ0) is 12.1. The van der Waals surface area contributed by atoms with Crippen LogP contribution in [0.25, 0.3) is 0 Å². The molecule has 0 radical (unpaired) electrons. The molecule has 0 aliphatic carbocycles. The fourth-order valence-electron chi connectivity index (χ4n) is 1.76. The van der Waals surface area contributed by atoms with Crippen LogP contribution in [0.15, 0.2) is 38.9 Å². The van der Waals surface area contributed by atoms with E-state index in [-0.39, 0.29) is 0 Å². The summed E-state index contributed by atoms with van der Waals surface area (Å²) in [6, 6.07) is 4.57. The quantitative estimate of drug-likeness (QED) is 0.855. The van der Waals surface area contributed by atoms with Gasteiger partial charge >= 0.3 is 0 Å². The molecule has 1 N–H and O–H groups in total. The zero-order valence-corrected chi connectivity index (χ0v) is 12.2. The third-order valence-corrected chi connectivity index (χ3v) is 4.33. The Balaban J connectivity index is 2.05. The lowest BCUT2D eigenvalue weighted by molar-refractivity contribution is 0.514. The van der Waals surface area contributed by atoms with Crippen molar-refractivity contribution in [2.75, 3.05) is 6.54 Å². The smallest absolute Gasteiger partial charge is 0.0950 e. The van der Waals surface area contributed by atoms with E-state index in [1.807, 2.05) is 12.3 Å². The van der Waals surface area contributed by atoms with Crippen molar-refractivity contribution in [1.29, 1.82) is 0 Å². The molecule has 0 aliphatic rings. The molecule has 2 rings (SSSR count). The topological polar surface area (TPSA) is 25.2 Å². The maximum absolute atomic E-state index is 5.17. The summed E-state index contributed by atoms with van der Waals surface area (Å²) < 4.78 is 6.34. The molecule has 0 saturated carbocycles. The van der Waals surface area contributed by atoms with Gasteiger partial charge in [0.15, 0.2) is 0 Å². The van der Waals surface area contributed by atoms with Crippen LogP contribution in [0.5, 0.6) is 0 Å². The molecule has 0 bridgehead atoms. The molecule has 0 fully saturated rings. The summed E-state index contributed by atoms with van der Waals surface area (Å²) in [5.74, 6) is 0. The van der Waals surface area contributed by atoms with Crippen LogP contribution in [0, 0.1) is 0 Å². The minimum Gasteiger partial charge on any atom is -0.472 e. The summed E-state index contributed by atoms with van der Waals surface area (Å²) >= 11 is 5.29. The number of halogens is 1. The van der Waals surface area contributed by atoms with Crippen molar-refractivity contribution in [1.82, 2.24) is 5.32 Å². The van der Waals surface area contributed by atoms with Gasteiger partial charge in [-0.2, -0.15) is 0 Å². The Hall–Kier alpha value is -0.580. The highest BCUT2D eigenvalue weighted by molar-refractivity contribution is 9.10. The van der Waals surface area contributed by atoms with Gasteiger partial charge in [0, 0.05) is 32.8 Å². The molecule has 0 aromatic carbocycles. The van der Waals surface area contributed by atoms with Crippen molar-refractivity contribution in [2.45, 2.75) is 25.8 Å². The number of furan rings is 1. The SMILES string of the molecule is CCCNC(Cc1cc(Br)cs1)c1ccoc1. The van der Waals surface area contributed by atoms with Crippen LogP contribution in [-0.4, -0.2) is 6.54 Å². The number of nitrogens with one attached hydrogen (secondary N) is 1. The van der Waals surface area contributed by atoms with E-state index in [0.717, 1.165) is 19.4 Å². The van der Waals surface area contributed by atoms with Gasteiger partial charge in [-0.15, -0.1) is 11.3 Å². The third kappa shape index (κ3) is 3.69. The van der Waals surface area contributed by atoms with Crippen molar-refractivity contribution in [3.05, 3.63) is 45.0 Å². The molecule has 4 heteroatoms. The van der Waals surface area contributed by atoms with E-state index in [1.165, 1.54) is 14.9 Å². The van der Waals surface area contributed by atoms with Crippen LogP contribution in [0.3, 0.4) is 0 Å². The summed E-state index contributed by atoms with van der Waals surface area (Å²) in [5, 5.41) is 5.69. The van der Waals surface area contributed by atoms with E-state index in [2.05, 4.69) is 39.6 Å². The van der Waals surface area contributed by atoms with Crippen LogP contribution >= 0.6 is 27.3 Å². The van der Waals surface area contributed by atoms with Gasteiger partial charge in [0.25, 0.3) is 0 Å². The second kappa shape index (κ2) is 6.38. The number of hydrogen-bond acceptors (Lipinski definition) is 3.